The summed E-state index contributed by atoms with van der Waals surface area (Å²) >= 11 is 0. The van der Waals surface area contributed by atoms with Crippen molar-refractivity contribution in [2.45, 2.75) is 20.3 Å². The molecule has 0 atom stereocenters. The van der Waals surface area contributed by atoms with Crippen LogP contribution in [-0.2, 0) is 0 Å². The summed E-state index contributed by atoms with van der Waals surface area (Å²) in [5, 5.41) is 0. The van der Waals surface area contributed by atoms with Gasteiger partial charge in [0.1, 0.15) is 0 Å². The Balaban J connectivity index is 0. The summed E-state index contributed by atoms with van der Waals surface area (Å²) in [5.74, 6) is 0. The number of hydrogen-bond acceptors (Lipinski definition) is 0. The second-order valence-electron chi connectivity index (χ2n) is 2.07. The second kappa shape index (κ2) is 3.49. The van der Waals surface area contributed by atoms with E-state index in [4.69, 9.17) is 0 Å². The van der Waals surface area contributed by atoms with Crippen LogP contribution in [0.5, 0.6) is 0 Å². The van der Waals surface area contributed by atoms with Crippen molar-refractivity contribution in [3.8, 4) is 0 Å². The first-order valence-electron chi connectivity index (χ1n) is 2.63. The van der Waals surface area contributed by atoms with Crippen LogP contribution in [0, 0.1) is 0 Å². The predicted octanol–water partition coefficient (Wildman–Crippen LogP) is -0.601. The minimum Gasteiger partial charge on any atom is -1.00 e. The zero-order chi connectivity index (χ0) is 5.28. The molecule has 0 N–H and O–H groups in total. The molecule has 1 aliphatic rings. The van der Waals surface area contributed by atoms with Crippen molar-refractivity contribution in [3.05, 3.63) is 23.3 Å². The Labute approximate surface area is 74.4 Å². The molecule has 1 rings (SSSR count). The second-order valence-corrected chi connectivity index (χ2v) is 2.07. The van der Waals surface area contributed by atoms with Gasteiger partial charge in [0.25, 0.3) is 0 Å². The molecule has 0 aromatic heterocycles. The monoisotopic (exact) mass is 118 g/mol. The van der Waals surface area contributed by atoms with Gasteiger partial charge in [-0.25, -0.2) is 0 Å². The van der Waals surface area contributed by atoms with E-state index in [1.165, 1.54) is 17.6 Å². The quantitative estimate of drug-likeness (QED) is 0.373. The molecule has 8 heavy (non-hydrogen) atoms. The Morgan fingerprint density at radius 1 is 1.50 bits per heavy atom. The molecule has 40 valence electrons. The van der Waals surface area contributed by atoms with Crippen LogP contribution in [-0.4, -0.2) is 0 Å². The van der Waals surface area contributed by atoms with Crippen molar-refractivity contribution in [2.75, 3.05) is 0 Å². The Hall–Kier alpha value is 0.480. The van der Waals surface area contributed by atoms with Gasteiger partial charge in [-0.3, -0.25) is 0 Å². The van der Waals surface area contributed by atoms with Crippen LogP contribution in [0.2, 0.25) is 0 Å². The molecular formula is C7H11Na. The molecule has 0 spiro atoms. The summed E-state index contributed by atoms with van der Waals surface area (Å²) in [6.45, 7) is 4.33. The van der Waals surface area contributed by atoms with E-state index in [2.05, 4.69) is 26.0 Å². The molecule has 0 saturated carbocycles. The fraction of sp³-hybridized carbons (Fsp3) is 0.429. The van der Waals surface area contributed by atoms with Gasteiger partial charge < -0.3 is 1.43 Å². The minimum absolute atomic E-state index is 0. The summed E-state index contributed by atoms with van der Waals surface area (Å²) in [6, 6.07) is 0. The molecule has 0 aromatic carbocycles. The SMILES string of the molecule is CC1=C(C)CC=C1.[H-].[Na+]. The fourth-order valence-corrected chi connectivity index (χ4v) is 0.716. The Kier molecular flexibility index (Phi) is 3.70. The van der Waals surface area contributed by atoms with E-state index >= 15 is 0 Å². The van der Waals surface area contributed by atoms with Crippen molar-refractivity contribution in [2.24, 2.45) is 0 Å². The van der Waals surface area contributed by atoms with E-state index in [1.807, 2.05) is 0 Å². The first-order chi connectivity index (χ1) is 3.30. The van der Waals surface area contributed by atoms with Crippen molar-refractivity contribution < 1.29 is 31.0 Å². The van der Waals surface area contributed by atoms with Crippen molar-refractivity contribution in [3.63, 3.8) is 0 Å². The van der Waals surface area contributed by atoms with Crippen molar-refractivity contribution in [1.82, 2.24) is 0 Å². The first kappa shape index (κ1) is 8.48. The molecule has 0 aliphatic heterocycles. The third-order valence-electron chi connectivity index (χ3n) is 1.47. The average molecular weight is 118 g/mol. The molecule has 0 bridgehead atoms. The van der Waals surface area contributed by atoms with Crippen LogP contribution >= 0.6 is 0 Å². The van der Waals surface area contributed by atoms with E-state index in [9.17, 15) is 0 Å². The van der Waals surface area contributed by atoms with Gasteiger partial charge in [-0.1, -0.05) is 23.3 Å². The van der Waals surface area contributed by atoms with Crippen LogP contribution in [0.4, 0.5) is 0 Å². The van der Waals surface area contributed by atoms with Gasteiger partial charge in [0.15, 0.2) is 0 Å². The molecule has 0 fully saturated rings. The van der Waals surface area contributed by atoms with Crippen LogP contribution in [0.25, 0.3) is 0 Å². The van der Waals surface area contributed by atoms with Crippen molar-refractivity contribution >= 4 is 0 Å². The molecule has 0 radical (unpaired) electrons. The Morgan fingerprint density at radius 3 is 2.25 bits per heavy atom. The number of hydrogen-bond donors (Lipinski definition) is 0. The summed E-state index contributed by atoms with van der Waals surface area (Å²) < 4.78 is 0. The van der Waals surface area contributed by atoms with Crippen LogP contribution in [0.15, 0.2) is 23.3 Å². The van der Waals surface area contributed by atoms with Gasteiger partial charge in [0.05, 0.1) is 0 Å². The van der Waals surface area contributed by atoms with Crippen LogP contribution in [0.1, 0.15) is 21.7 Å². The molecule has 0 heterocycles. The van der Waals surface area contributed by atoms with E-state index in [0.717, 1.165) is 0 Å². The van der Waals surface area contributed by atoms with Gasteiger partial charge in [-0.15, -0.1) is 0 Å². The standard InChI is InChI=1S/C7H10.Na.H/c1-6-4-3-5-7(6)2;;/h3-4H,5H2,1-2H3;;/q;+1;-1. The number of allylic oxidation sites excluding steroid dienone is 4. The largest absolute Gasteiger partial charge is 1.00 e. The van der Waals surface area contributed by atoms with Crippen molar-refractivity contribution in [1.29, 1.82) is 0 Å². The molecule has 1 heteroatoms. The van der Waals surface area contributed by atoms with E-state index < -0.39 is 0 Å². The maximum atomic E-state index is 2.20. The van der Waals surface area contributed by atoms with E-state index in [0.29, 0.717) is 0 Å². The summed E-state index contributed by atoms with van der Waals surface area (Å²) in [7, 11) is 0. The van der Waals surface area contributed by atoms with Gasteiger partial charge in [0, 0.05) is 0 Å². The zero-order valence-electron chi connectivity index (χ0n) is 6.86. The minimum atomic E-state index is 0. The normalized spacial score (nSPS) is 16.8. The fourth-order valence-electron chi connectivity index (χ4n) is 0.716. The van der Waals surface area contributed by atoms with Gasteiger partial charge in [0.2, 0.25) is 0 Å². The average Bonchev–Trinajstić information content (AvgIpc) is 1.91. The molecule has 0 unspecified atom stereocenters. The Morgan fingerprint density at radius 2 is 2.12 bits per heavy atom. The van der Waals surface area contributed by atoms with Gasteiger partial charge in [-0.2, -0.15) is 0 Å². The van der Waals surface area contributed by atoms with E-state index in [1.54, 1.807) is 0 Å². The van der Waals surface area contributed by atoms with Crippen LogP contribution in [0.3, 0.4) is 0 Å². The topological polar surface area (TPSA) is 0 Å². The maximum absolute atomic E-state index is 2.20. The van der Waals surface area contributed by atoms with Gasteiger partial charge in [-0.05, 0) is 20.3 Å². The molecule has 0 nitrogen and oxygen atoms in total. The summed E-state index contributed by atoms with van der Waals surface area (Å²) in [6.07, 6.45) is 5.55. The first-order valence-corrected chi connectivity index (χ1v) is 2.63. The zero-order valence-corrected chi connectivity index (χ0v) is 7.86. The third-order valence-corrected chi connectivity index (χ3v) is 1.47. The molecule has 0 saturated heterocycles. The molecular weight excluding hydrogens is 107 g/mol. The smallest absolute Gasteiger partial charge is 1.00 e. The summed E-state index contributed by atoms with van der Waals surface area (Å²) in [4.78, 5) is 0. The van der Waals surface area contributed by atoms with E-state index in [-0.39, 0.29) is 31.0 Å². The van der Waals surface area contributed by atoms with Gasteiger partial charge >= 0.3 is 29.6 Å². The predicted molar refractivity (Wildman–Crippen MR) is 33.2 cm³/mol. The van der Waals surface area contributed by atoms with Crippen LogP contribution < -0.4 is 29.6 Å². The molecule has 0 aromatic rings. The molecule has 0 amide bonds. The number of rotatable bonds is 0. The maximum Gasteiger partial charge on any atom is 1.00 e. The Bertz CT molecular complexity index is 136. The molecule has 1 aliphatic carbocycles. The summed E-state index contributed by atoms with van der Waals surface area (Å²) in [5.41, 5.74) is 2.96. The third kappa shape index (κ3) is 1.77.